The van der Waals surface area contributed by atoms with E-state index in [2.05, 4.69) is 5.32 Å². The number of ether oxygens (including phenoxy) is 1. The van der Waals surface area contributed by atoms with Crippen LogP contribution in [-0.2, 0) is 4.74 Å². The van der Waals surface area contributed by atoms with Crippen LogP contribution in [0.15, 0.2) is 30.3 Å². The average molecular weight is 320 g/mol. The molecule has 0 aromatic heterocycles. The smallest absolute Gasteiger partial charge is 0.317 e. The number of aliphatic hydroxyl groups is 1. The molecular formula is C18H28N2O3. The summed E-state index contributed by atoms with van der Waals surface area (Å²) < 4.78 is 5.64. The lowest BCUT2D eigenvalue weighted by Gasteiger charge is -2.33. The molecule has 1 saturated heterocycles. The molecule has 5 heteroatoms. The van der Waals surface area contributed by atoms with Gasteiger partial charge in [0.25, 0.3) is 0 Å². The molecule has 128 valence electrons. The number of hydrogen-bond donors (Lipinski definition) is 2. The van der Waals surface area contributed by atoms with E-state index in [1.807, 2.05) is 42.2 Å². The maximum absolute atomic E-state index is 12.4. The van der Waals surface area contributed by atoms with E-state index in [9.17, 15) is 9.90 Å². The number of urea groups is 1. The van der Waals surface area contributed by atoms with Crippen LogP contribution in [0, 0.1) is 0 Å². The quantitative estimate of drug-likeness (QED) is 0.811. The lowest BCUT2D eigenvalue weighted by atomic mass is 9.96. The largest absolute Gasteiger partial charge is 0.396 e. The van der Waals surface area contributed by atoms with Crippen LogP contribution < -0.4 is 5.32 Å². The Morgan fingerprint density at radius 1 is 1.43 bits per heavy atom. The lowest BCUT2D eigenvalue weighted by molar-refractivity contribution is 0.0164. The highest BCUT2D eigenvalue weighted by atomic mass is 16.5. The third-order valence-corrected chi connectivity index (χ3v) is 4.32. The van der Waals surface area contributed by atoms with E-state index in [1.54, 1.807) is 0 Å². The molecule has 1 fully saturated rings. The summed E-state index contributed by atoms with van der Waals surface area (Å²) in [6.07, 6.45) is 2.80. The second kappa shape index (κ2) is 9.53. The molecule has 1 aromatic rings. The molecule has 2 rings (SSSR count). The van der Waals surface area contributed by atoms with E-state index >= 15 is 0 Å². The van der Waals surface area contributed by atoms with Gasteiger partial charge in [-0.05, 0) is 31.7 Å². The number of benzene rings is 1. The second-order valence-corrected chi connectivity index (χ2v) is 5.97. The number of rotatable bonds is 7. The van der Waals surface area contributed by atoms with Gasteiger partial charge in [0.05, 0.1) is 6.10 Å². The molecule has 1 aliphatic rings. The molecule has 23 heavy (non-hydrogen) atoms. The fourth-order valence-corrected chi connectivity index (χ4v) is 3.08. The Morgan fingerprint density at radius 2 is 2.22 bits per heavy atom. The van der Waals surface area contributed by atoms with Gasteiger partial charge in [0.2, 0.25) is 0 Å². The first-order valence-electron chi connectivity index (χ1n) is 8.54. The first kappa shape index (κ1) is 17.8. The van der Waals surface area contributed by atoms with Crippen molar-refractivity contribution in [3.05, 3.63) is 35.9 Å². The van der Waals surface area contributed by atoms with Gasteiger partial charge in [0, 0.05) is 38.8 Å². The summed E-state index contributed by atoms with van der Waals surface area (Å²) in [6, 6.07) is 9.99. The Labute approximate surface area is 138 Å². The summed E-state index contributed by atoms with van der Waals surface area (Å²) in [6.45, 7) is 4.77. The Hall–Kier alpha value is -1.59. The standard InChI is InChI=1S/C18H28N2O3/c1-2-23-17-9-6-11-20(14-17)18(22)19-13-16(10-12-21)15-7-4-3-5-8-15/h3-5,7-8,16-17,21H,2,6,9-14H2,1H3,(H,19,22). The van der Waals surface area contributed by atoms with Crippen LogP contribution in [-0.4, -0.2) is 55.0 Å². The normalized spacial score (nSPS) is 19.4. The topological polar surface area (TPSA) is 61.8 Å². The molecule has 0 bridgehead atoms. The lowest BCUT2D eigenvalue weighted by Crippen LogP contribution is -2.48. The Bertz CT molecular complexity index is 465. The van der Waals surface area contributed by atoms with E-state index in [-0.39, 0.29) is 24.7 Å². The molecule has 0 saturated carbocycles. The van der Waals surface area contributed by atoms with Gasteiger partial charge in [-0.25, -0.2) is 4.79 Å². The Morgan fingerprint density at radius 3 is 2.91 bits per heavy atom. The summed E-state index contributed by atoms with van der Waals surface area (Å²) >= 11 is 0. The van der Waals surface area contributed by atoms with Crippen molar-refractivity contribution >= 4 is 6.03 Å². The third kappa shape index (κ3) is 5.52. The maximum atomic E-state index is 12.4. The van der Waals surface area contributed by atoms with Crippen molar-refractivity contribution in [1.29, 1.82) is 0 Å². The number of carbonyl (C=O) groups excluding carboxylic acids is 1. The molecule has 0 aliphatic carbocycles. The zero-order valence-corrected chi connectivity index (χ0v) is 13.9. The highest BCUT2D eigenvalue weighted by molar-refractivity contribution is 5.74. The van der Waals surface area contributed by atoms with E-state index in [1.165, 1.54) is 0 Å². The van der Waals surface area contributed by atoms with Gasteiger partial charge in [0.1, 0.15) is 0 Å². The van der Waals surface area contributed by atoms with Crippen LogP contribution in [0.1, 0.15) is 37.7 Å². The van der Waals surface area contributed by atoms with Gasteiger partial charge in [0.15, 0.2) is 0 Å². The van der Waals surface area contributed by atoms with Gasteiger partial charge >= 0.3 is 6.03 Å². The van der Waals surface area contributed by atoms with Crippen LogP contribution in [0.2, 0.25) is 0 Å². The molecule has 2 atom stereocenters. The third-order valence-electron chi connectivity index (χ3n) is 4.32. The van der Waals surface area contributed by atoms with Crippen molar-refractivity contribution in [3.63, 3.8) is 0 Å². The van der Waals surface area contributed by atoms with Crippen molar-refractivity contribution in [2.24, 2.45) is 0 Å². The van der Waals surface area contributed by atoms with Crippen molar-refractivity contribution in [3.8, 4) is 0 Å². The van der Waals surface area contributed by atoms with Crippen LogP contribution in [0.3, 0.4) is 0 Å². The van der Waals surface area contributed by atoms with Crippen LogP contribution in [0.4, 0.5) is 4.79 Å². The first-order chi connectivity index (χ1) is 11.2. The van der Waals surface area contributed by atoms with Crippen LogP contribution >= 0.6 is 0 Å². The number of likely N-dealkylation sites (tertiary alicyclic amines) is 1. The molecule has 2 N–H and O–H groups in total. The van der Waals surface area contributed by atoms with Gasteiger partial charge in [-0.15, -0.1) is 0 Å². The Kier molecular flexibility index (Phi) is 7.36. The monoisotopic (exact) mass is 320 g/mol. The van der Waals surface area contributed by atoms with Crippen molar-refractivity contribution in [2.45, 2.75) is 38.2 Å². The Balaban J connectivity index is 1.86. The minimum absolute atomic E-state index is 0.0340. The van der Waals surface area contributed by atoms with Gasteiger partial charge in [-0.2, -0.15) is 0 Å². The zero-order valence-electron chi connectivity index (χ0n) is 13.9. The number of piperidine rings is 1. The first-order valence-corrected chi connectivity index (χ1v) is 8.54. The summed E-state index contributed by atoms with van der Waals surface area (Å²) in [4.78, 5) is 14.2. The molecule has 2 amide bonds. The number of nitrogens with zero attached hydrogens (tertiary/aromatic N) is 1. The van der Waals surface area contributed by atoms with E-state index in [0.717, 1.165) is 24.9 Å². The zero-order chi connectivity index (χ0) is 16.5. The number of aliphatic hydroxyl groups excluding tert-OH is 1. The van der Waals surface area contributed by atoms with Gasteiger partial charge < -0.3 is 20.1 Å². The molecule has 1 heterocycles. The molecule has 1 aromatic carbocycles. The number of amides is 2. The number of hydrogen-bond acceptors (Lipinski definition) is 3. The fraction of sp³-hybridized carbons (Fsp3) is 0.611. The number of nitrogens with one attached hydrogen (secondary N) is 1. The molecule has 2 unspecified atom stereocenters. The predicted octanol–water partition coefficient (Wildman–Crippen LogP) is 2.36. The minimum atomic E-state index is -0.0340. The van der Waals surface area contributed by atoms with Gasteiger partial charge in [-0.1, -0.05) is 30.3 Å². The van der Waals surface area contributed by atoms with E-state index in [0.29, 0.717) is 26.1 Å². The van der Waals surface area contributed by atoms with Crippen molar-refractivity contribution in [1.82, 2.24) is 10.2 Å². The molecule has 5 nitrogen and oxygen atoms in total. The van der Waals surface area contributed by atoms with Crippen molar-refractivity contribution < 1.29 is 14.6 Å². The summed E-state index contributed by atoms with van der Waals surface area (Å²) in [5.41, 5.74) is 1.15. The van der Waals surface area contributed by atoms with Gasteiger partial charge in [-0.3, -0.25) is 0 Å². The molecule has 1 aliphatic heterocycles. The number of carbonyl (C=O) groups is 1. The van der Waals surface area contributed by atoms with Crippen LogP contribution in [0.25, 0.3) is 0 Å². The predicted molar refractivity (Wildman–Crippen MR) is 90.5 cm³/mol. The van der Waals surface area contributed by atoms with Crippen molar-refractivity contribution in [2.75, 3.05) is 32.8 Å². The van der Waals surface area contributed by atoms with E-state index in [4.69, 9.17) is 4.74 Å². The minimum Gasteiger partial charge on any atom is -0.396 e. The van der Waals surface area contributed by atoms with Crippen LogP contribution in [0.5, 0.6) is 0 Å². The average Bonchev–Trinajstić information content (AvgIpc) is 2.59. The summed E-state index contributed by atoms with van der Waals surface area (Å²) in [5.74, 6) is 0.137. The highest BCUT2D eigenvalue weighted by Crippen LogP contribution is 2.19. The second-order valence-electron chi connectivity index (χ2n) is 5.97. The maximum Gasteiger partial charge on any atom is 0.317 e. The molecule has 0 spiro atoms. The fourth-order valence-electron chi connectivity index (χ4n) is 3.08. The SMILES string of the molecule is CCOC1CCCN(C(=O)NCC(CCO)c2ccccc2)C1. The summed E-state index contributed by atoms with van der Waals surface area (Å²) in [7, 11) is 0. The highest BCUT2D eigenvalue weighted by Gasteiger charge is 2.24. The molecule has 0 radical (unpaired) electrons. The van der Waals surface area contributed by atoms with E-state index < -0.39 is 0 Å². The summed E-state index contributed by atoms with van der Waals surface area (Å²) in [5, 5.41) is 12.3. The molecular weight excluding hydrogens is 292 g/mol.